The smallest absolute Gasteiger partial charge is 0.0400 e. The lowest BCUT2D eigenvalue weighted by Gasteiger charge is -1.88. The topological polar surface area (TPSA) is 12.0 Å². The molecule has 0 aromatic heterocycles. The summed E-state index contributed by atoms with van der Waals surface area (Å²) in [4.78, 5) is 0. The second-order valence-corrected chi connectivity index (χ2v) is 2.74. The van der Waals surface area contributed by atoms with Gasteiger partial charge in [0, 0.05) is 12.2 Å². The van der Waals surface area contributed by atoms with Gasteiger partial charge in [-0.1, -0.05) is 12.2 Å². The first kappa shape index (κ1) is 7.17. The van der Waals surface area contributed by atoms with Gasteiger partial charge in [0.25, 0.3) is 0 Å². The van der Waals surface area contributed by atoms with Crippen LogP contribution in [0.2, 0.25) is 0 Å². The van der Waals surface area contributed by atoms with E-state index in [0.29, 0.717) is 0 Å². The van der Waals surface area contributed by atoms with Gasteiger partial charge in [-0.2, -0.15) is 0 Å². The summed E-state index contributed by atoms with van der Waals surface area (Å²) in [5.41, 5.74) is 4.03. The second-order valence-electron chi connectivity index (χ2n) is 2.74. The van der Waals surface area contributed by atoms with E-state index < -0.39 is 0 Å². The van der Waals surface area contributed by atoms with Crippen LogP contribution in [0.25, 0.3) is 0 Å². The van der Waals surface area contributed by atoms with Crippen LogP contribution in [0.15, 0.2) is 30.2 Å². The molecular formula is C9H13N. The van der Waals surface area contributed by atoms with Gasteiger partial charge in [0.05, 0.1) is 0 Å². The number of hydrogen-bond acceptors (Lipinski definition) is 1. The lowest BCUT2D eigenvalue weighted by atomic mass is 10.3. The molecule has 0 aromatic carbocycles. The zero-order chi connectivity index (χ0) is 7.40. The van der Waals surface area contributed by atoms with Gasteiger partial charge in [-0.15, -0.1) is 5.73 Å². The second kappa shape index (κ2) is 3.28. The third-order valence-corrected chi connectivity index (χ3v) is 1.31. The van der Waals surface area contributed by atoms with Crippen LogP contribution in [0.1, 0.15) is 19.8 Å². The molecule has 0 spiro atoms. The van der Waals surface area contributed by atoms with Gasteiger partial charge in [-0.05, 0) is 25.8 Å². The first-order valence-corrected chi connectivity index (χ1v) is 3.61. The van der Waals surface area contributed by atoms with E-state index >= 15 is 0 Å². The number of hydrogen-bond donors (Lipinski definition) is 1. The summed E-state index contributed by atoms with van der Waals surface area (Å²) in [7, 11) is 0. The highest BCUT2D eigenvalue weighted by Crippen LogP contribution is 2.18. The Bertz CT molecular complexity index is 181. The minimum atomic E-state index is 0.728. The predicted molar refractivity (Wildman–Crippen MR) is 43.6 cm³/mol. The molecule has 0 unspecified atom stereocenters. The lowest BCUT2D eigenvalue weighted by molar-refractivity contribution is 0.864. The monoisotopic (exact) mass is 135 g/mol. The molecule has 0 radical (unpaired) electrons. The van der Waals surface area contributed by atoms with Crippen LogP contribution in [-0.4, -0.2) is 6.04 Å². The highest BCUT2D eigenvalue weighted by atomic mass is 14.9. The molecule has 1 aliphatic rings. The summed E-state index contributed by atoms with van der Waals surface area (Å²) in [5, 5.41) is 3.20. The molecule has 1 heteroatoms. The Morgan fingerprint density at radius 2 is 2.40 bits per heavy atom. The highest BCUT2D eigenvalue weighted by molar-refractivity contribution is 5.10. The molecule has 1 rings (SSSR count). The third kappa shape index (κ3) is 3.16. The molecule has 1 fully saturated rings. The Balaban J connectivity index is 2.19. The van der Waals surface area contributed by atoms with Crippen molar-refractivity contribution in [1.29, 1.82) is 0 Å². The van der Waals surface area contributed by atoms with Gasteiger partial charge < -0.3 is 5.32 Å². The average molecular weight is 135 g/mol. The molecule has 0 aliphatic heterocycles. The third-order valence-electron chi connectivity index (χ3n) is 1.31. The quantitative estimate of drug-likeness (QED) is 0.461. The van der Waals surface area contributed by atoms with Crippen molar-refractivity contribution in [1.82, 2.24) is 5.32 Å². The summed E-state index contributed by atoms with van der Waals surface area (Å²) in [6, 6.07) is 0.728. The lowest BCUT2D eigenvalue weighted by Crippen LogP contribution is -2.05. The minimum absolute atomic E-state index is 0.728. The Hall–Kier alpha value is -0.940. The predicted octanol–water partition coefficient (Wildman–Crippen LogP) is 1.98. The Kier molecular flexibility index (Phi) is 2.35. The van der Waals surface area contributed by atoms with E-state index in [2.05, 4.69) is 17.6 Å². The first-order chi connectivity index (χ1) is 4.79. The molecule has 10 heavy (non-hydrogen) atoms. The Morgan fingerprint density at radius 1 is 1.70 bits per heavy atom. The average Bonchev–Trinajstić information content (AvgIpc) is 2.62. The van der Waals surface area contributed by atoms with E-state index in [1.165, 1.54) is 12.8 Å². The fourth-order valence-electron chi connectivity index (χ4n) is 0.600. The van der Waals surface area contributed by atoms with E-state index in [1.807, 2.05) is 19.2 Å². The van der Waals surface area contributed by atoms with Crippen LogP contribution in [0.3, 0.4) is 0 Å². The van der Waals surface area contributed by atoms with Crippen LogP contribution in [0.5, 0.6) is 0 Å². The molecule has 54 valence electrons. The number of allylic oxidation sites excluding steroid dienone is 2. The van der Waals surface area contributed by atoms with Crippen LogP contribution >= 0.6 is 0 Å². The van der Waals surface area contributed by atoms with Crippen LogP contribution in [0, 0.1) is 0 Å². The van der Waals surface area contributed by atoms with Crippen LogP contribution < -0.4 is 5.32 Å². The van der Waals surface area contributed by atoms with Gasteiger partial charge in [-0.25, -0.2) is 0 Å². The van der Waals surface area contributed by atoms with Gasteiger partial charge >= 0.3 is 0 Å². The maximum absolute atomic E-state index is 3.72. The van der Waals surface area contributed by atoms with Crippen molar-refractivity contribution in [3.05, 3.63) is 30.2 Å². The molecule has 1 nitrogen and oxygen atoms in total. The van der Waals surface area contributed by atoms with E-state index in [-0.39, 0.29) is 0 Å². The van der Waals surface area contributed by atoms with Crippen molar-refractivity contribution in [3.63, 3.8) is 0 Å². The molecule has 0 aromatic rings. The standard InChI is InChI=1S/C9H13N/c1-8(2)4-3-7-10-9-5-6-9/h4,7,9-10H,1,5-6H2,2H3. The fourth-order valence-corrected chi connectivity index (χ4v) is 0.600. The number of nitrogens with one attached hydrogen (secondary N) is 1. The fraction of sp³-hybridized carbons (Fsp3) is 0.444. The minimum Gasteiger partial charge on any atom is -0.382 e. The highest BCUT2D eigenvalue weighted by Gasteiger charge is 2.18. The van der Waals surface area contributed by atoms with E-state index in [0.717, 1.165) is 11.6 Å². The van der Waals surface area contributed by atoms with Crippen molar-refractivity contribution in [2.45, 2.75) is 25.8 Å². The van der Waals surface area contributed by atoms with Crippen LogP contribution in [-0.2, 0) is 0 Å². The SMILES string of the molecule is C=C(C)C=C=CNC1CC1. The zero-order valence-electron chi connectivity index (χ0n) is 6.35. The normalized spacial score (nSPS) is 15.3. The molecule has 0 heterocycles. The van der Waals surface area contributed by atoms with Crippen molar-refractivity contribution in [2.24, 2.45) is 0 Å². The van der Waals surface area contributed by atoms with Crippen LogP contribution in [0.4, 0.5) is 0 Å². The van der Waals surface area contributed by atoms with Crippen molar-refractivity contribution < 1.29 is 0 Å². The Morgan fingerprint density at radius 3 is 2.90 bits per heavy atom. The molecule has 1 saturated carbocycles. The zero-order valence-corrected chi connectivity index (χ0v) is 6.35. The van der Waals surface area contributed by atoms with Crippen molar-refractivity contribution in [2.75, 3.05) is 0 Å². The van der Waals surface area contributed by atoms with Gasteiger partial charge in [0.2, 0.25) is 0 Å². The molecule has 0 bridgehead atoms. The largest absolute Gasteiger partial charge is 0.382 e. The van der Waals surface area contributed by atoms with E-state index in [1.54, 1.807) is 0 Å². The van der Waals surface area contributed by atoms with Crippen molar-refractivity contribution >= 4 is 0 Å². The maximum atomic E-state index is 3.72. The summed E-state index contributed by atoms with van der Waals surface area (Å²) >= 11 is 0. The Labute approximate surface area is 62.1 Å². The molecule has 1 aliphatic carbocycles. The van der Waals surface area contributed by atoms with E-state index in [4.69, 9.17) is 0 Å². The molecule has 0 atom stereocenters. The summed E-state index contributed by atoms with van der Waals surface area (Å²) in [6.07, 6.45) is 6.36. The van der Waals surface area contributed by atoms with Gasteiger partial charge in [0.1, 0.15) is 0 Å². The van der Waals surface area contributed by atoms with Gasteiger partial charge in [0.15, 0.2) is 0 Å². The number of rotatable bonds is 3. The van der Waals surface area contributed by atoms with E-state index in [9.17, 15) is 0 Å². The van der Waals surface area contributed by atoms with Gasteiger partial charge in [-0.3, -0.25) is 0 Å². The molecule has 0 saturated heterocycles. The molecular weight excluding hydrogens is 122 g/mol. The van der Waals surface area contributed by atoms with Crippen molar-refractivity contribution in [3.8, 4) is 0 Å². The molecule has 0 amide bonds. The first-order valence-electron chi connectivity index (χ1n) is 3.61. The molecule has 1 N–H and O–H groups in total. The summed E-state index contributed by atoms with van der Waals surface area (Å²) < 4.78 is 0. The summed E-state index contributed by atoms with van der Waals surface area (Å²) in [6.45, 7) is 5.68. The summed E-state index contributed by atoms with van der Waals surface area (Å²) in [5.74, 6) is 0. The maximum Gasteiger partial charge on any atom is 0.0400 e.